The molecule has 0 atom stereocenters. The summed E-state index contributed by atoms with van der Waals surface area (Å²) in [4.78, 5) is 28.9. The van der Waals surface area contributed by atoms with Crippen molar-refractivity contribution in [3.05, 3.63) is 34.9 Å². The Hall–Kier alpha value is -1.59. The van der Waals surface area contributed by atoms with Crippen LogP contribution in [0.3, 0.4) is 0 Å². The Labute approximate surface area is 155 Å². The van der Waals surface area contributed by atoms with Crippen LogP contribution in [0.15, 0.2) is 24.3 Å². The van der Waals surface area contributed by atoms with Gasteiger partial charge in [-0.05, 0) is 30.5 Å². The molecule has 1 aromatic carbocycles. The third-order valence-electron chi connectivity index (χ3n) is 4.40. The number of halogens is 1. The number of benzene rings is 1. The molecule has 1 aliphatic heterocycles. The van der Waals surface area contributed by atoms with E-state index in [0.29, 0.717) is 36.0 Å². The van der Waals surface area contributed by atoms with Crippen LogP contribution in [0, 0.1) is 5.92 Å². The van der Waals surface area contributed by atoms with Crippen LogP contribution in [0.5, 0.6) is 0 Å². The minimum atomic E-state index is -0.0590. The molecule has 1 heterocycles. The lowest BCUT2D eigenvalue weighted by Crippen LogP contribution is -2.47. The first-order valence-electron chi connectivity index (χ1n) is 9.00. The quantitative estimate of drug-likeness (QED) is 0.808. The van der Waals surface area contributed by atoms with Crippen molar-refractivity contribution in [2.45, 2.75) is 26.7 Å². The third kappa shape index (κ3) is 6.33. The van der Waals surface area contributed by atoms with Crippen LogP contribution in [-0.4, -0.2) is 60.9 Å². The zero-order valence-electron chi connectivity index (χ0n) is 15.1. The molecule has 1 fully saturated rings. The number of rotatable bonds is 7. The number of amides is 2. The number of hydrogen-bond donors (Lipinski definition) is 1. The molecule has 0 spiro atoms. The standard InChI is InChI=1S/C19H28ClN3O2/c1-15(2)6-10-23(19(25)16-4-3-5-17(20)14-16)11-7-18(24)22-12-8-21-9-13-22/h3-5,14-15,21H,6-13H2,1-2H3. The van der Waals surface area contributed by atoms with Gasteiger partial charge in [-0.3, -0.25) is 9.59 Å². The van der Waals surface area contributed by atoms with E-state index in [2.05, 4.69) is 19.2 Å². The van der Waals surface area contributed by atoms with Gasteiger partial charge in [-0.1, -0.05) is 31.5 Å². The van der Waals surface area contributed by atoms with Gasteiger partial charge in [0.1, 0.15) is 0 Å². The maximum atomic E-state index is 12.8. The molecule has 0 aliphatic carbocycles. The van der Waals surface area contributed by atoms with E-state index in [-0.39, 0.29) is 11.8 Å². The molecule has 1 N–H and O–H groups in total. The van der Waals surface area contributed by atoms with Gasteiger partial charge in [0.25, 0.3) is 5.91 Å². The van der Waals surface area contributed by atoms with Crippen molar-refractivity contribution in [2.24, 2.45) is 5.92 Å². The van der Waals surface area contributed by atoms with Gasteiger partial charge in [0.15, 0.2) is 0 Å². The van der Waals surface area contributed by atoms with Crippen LogP contribution in [0.1, 0.15) is 37.0 Å². The summed E-state index contributed by atoms with van der Waals surface area (Å²) in [6, 6.07) is 6.99. The van der Waals surface area contributed by atoms with Crippen molar-refractivity contribution in [1.82, 2.24) is 15.1 Å². The minimum absolute atomic E-state index is 0.0590. The normalized spacial score (nSPS) is 14.6. The second kappa shape index (κ2) is 9.78. The third-order valence-corrected chi connectivity index (χ3v) is 4.64. The minimum Gasteiger partial charge on any atom is -0.340 e. The van der Waals surface area contributed by atoms with Gasteiger partial charge in [0, 0.05) is 56.3 Å². The van der Waals surface area contributed by atoms with E-state index in [9.17, 15) is 9.59 Å². The fourth-order valence-corrected chi connectivity index (χ4v) is 3.03. The molecule has 0 saturated carbocycles. The van der Waals surface area contributed by atoms with Gasteiger partial charge < -0.3 is 15.1 Å². The molecule has 1 saturated heterocycles. The lowest BCUT2D eigenvalue weighted by atomic mass is 10.1. The van der Waals surface area contributed by atoms with Gasteiger partial charge in [0.2, 0.25) is 5.91 Å². The number of carbonyl (C=O) groups is 2. The second-order valence-electron chi connectivity index (χ2n) is 6.87. The molecule has 1 aromatic rings. The summed E-state index contributed by atoms with van der Waals surface area (Å²) in [6.45, 7) is 8.52. The van der Waals surface area contributed by atoms with Gasteiger partial charge in [-0.2, -0.15) is 0 Å². The lowest BCUT2D eigenvalue weighted by molar-refractivity contribution is -0.131. The molecule has 1 aliphatic rings. The van der Waals surface area contributed by atoms with Gasteiger partial charge in [-0.15, -0.1) is 0 Å². The molecule has 0 aromatic heterocycles. The van der Waals surface area contributed by atoms with Gasteiger partial charge in [-0.25, -0.2) is 0 Å². The molecule has 25 heavy (non-hydrogen) atoms. The zero-order valence-corrected chi connectivity index (χ0v) is 15.9. The van der Waals surface area contributed by atoms with Crippen molar-refractivity contribution in [1.29, 1.82) is 0 Å². The molecule has 2 rings (SSSR count). The number of carbonyl (C=O) groups excluding carboxylic acids is 2. The first kappa shape index (κ1) is 19.7. The predicted molar refractivity (Wildman–Crippen MR) is 101 cm³/mol. The smallest absolute Gasteiger partial charge is 0.253 e. The Bertz CT molecular complexity index is 586. The summed E-state index contributed by atoms with van der Waals surface area (Å²) in [7, 11) is 0. The molecular formula is C19H28ClN3O2. The topological polar surface area (TPSA) is 52.7 Å². The average Bonchev–Trinajstić information content (AvgIpc) is 2.61. The highest BCUT2D eigenvalue weighted by Gasteiger charge is 2.20. The summed E-state index contributed by atoms with van der Waals surface area (Å²) >= 11 is 6.01. The summed E-state index contributed by atoms with van der Waals surface area (Å²) in [5.41, 5.74) is 0.575. The molecule has 0 bridgehead atoms. The summed E-state index contributed by atoms with van der Waals surface area (Å²) in [6.07, 6.45) is 1.28. The molecule has 5 nitrogen and oxygen atoms in total. The Morgan fingerprint density at radius 2 is 1.96 bits per heavy atom. The molecule has 138 valence electrons. The summed E-state index contributed by atoms with van der Waals surface area (Å²) in [5, 5.41) is 3.79. The maximum absolute atomic E-state index is 12.8. The summed E-state index contributed by atoms with van der Waals surface area (Å²) in [5.74, 6) is 0.560. The highest BCUT2D eigenvalue weighted by molar-refractivity contribution is 6.30. The monoisotopic (exact) mass is 365 g/mol. The second-order valence-corrected chi connectivity index (χ2v) is 7.30. The number of nitrogens with zero attached hydrogens (tertiary/aromatic N) is 2. The SMILES string of the molecule is CC(C)CCN(CCC(=O)N1CCNCC1)C(=O)c1cccc(Cl)c1. The van der Waals surface area contributed by atoms with Crippen molar-refractivity contribution in [2.75, 3.05) is 39.3 Å². The molecule has 2 amide bonds. The average molecular weight is 366 g/mol. The van der Waals surface area contributed by atoms with Crippen molar-refractivity contribution < 1.29 is 9.59 Å². The Balaban J connectivity index is 1.99. The number of piperazine rings is 1. The Morgan fingerprint density at radius 1 is 1.24 bits per heavy atom. The van der Waals surface area contributed by atoms with E-state index in [1.54, 1.807) is 29.2 Å². The summed E-state index contributed by atoms with van der Waals surface area (Å²) < 4.78 is 0. The molecular weight excluding hydrogens is 338 g/mol. The van der Waals surface area contributed by atoms with Crippen molar-refractivity contribution in [3.63, 3.8) is 0 Å². The van der Waals surface area contributed by atoms with E-state index >= 15 is 0 Å². The first-order valence-corrected chi connectivity index (χ1v) is 9.38. The molecule has 0 radical (unpaired) electrons. The van der Waals surface area contributed by atoms with Crippen LogP contribution in [0.2, 0.25) is 5.02 Å². The van der Waals surface area contributed by atoms with Crippen molar-refractivity contribution in [3.8, 4) is 0 Å². The van der Waals surface area contributed by atoms with Gasteiger partial charge in [0.05, 0.1) is 0 Å². The van der Waals surface area contributed by atoms with E-state index in [4.69, 9.17) is 11.6 Å². The predicted octanol–water partition coefficient (Wildman–Crippen LogP) is 2.65. The largest absolute Gasteiger partial charge is 0.340 e. The van der Waals surface area contributed by atoms with E-state index in [1.807, 2.05) is 4.90 Å². The van der Waals surface area contributed by atoms with E-state index in [1.165, 1.54) is 0 Å². The molecule has 6 heteroatoms. The molecule has 0 unspecified atom stereocenters. The fraction of sp³-hybridized carbons (Fsp3) is 0.579. The van der Waals surface area contributed by atoms with Crippen LogP contribution >= 0.6 is 11.6 Å². The van der Waals surface area contributed by atoms with Crippen LogP contribution in [0.25, 0.3) is 0 Å². The van der Waals surface area contributed by atoms with Crippen LogP contribution in [0.4, 0.5) is 0 Å². The van der Waals surface area contributed by atoms with E-state index < -0.39 is 0 Å². The maximum Gasteiger partial charge on any atom is 0.253 e. The fourth-order valence-electron chi connectivity index (χ4n) is 2.84. The highest BCUT2D eigenvalue weighted by Crippen LogP contribution is 2.14. The van der Waals surface area contributed by atoms with Crippen molar-refractivity contribution >= 4 is 23.4 Å². The zero-order chi connectivity index (χ0) is 18.2. The van der Waals surface area contributed by atoms with Crippen LogP contribution in [-0.2, 0) is 4.79 Å². The number of nitrogens with one attached hydrogen (secondary N) is 1. The van der Waals surface area contributed by atoms with Crippen LogP contribution < -0.4 is 5.32 Å². The lowest BCUT2D eigenvalue weighted by Gasteiger charge is -2.29. The Kier molecular flexibility index (Phi) is 7.72. The number of hydrogen-bond acceptors (Lipinski definition) is 3. The van der Waals surface area contributed by atoms with E-state index in [0.717, 1.165) is 32.6 Å². The first-order chi connectivity index (χ1) is 12.0. The van der Waals surface area contributed by atoms with Gasteiger partial charge >= 0.3 is 0 Å². The Morgan fingerprint density at radius 3 is 2.60 bits per heavy atom. The highest BCUT2D eigenvalue weighted by atomic mass is 35.5.